The molecule has 2 saturated heterocycles. The minimum Gasteiger partial charge on any atom is -0.376 e. The smallest absolute Gasteiger partial charge is 0.322 e. The number of benzene rings is 2. The quantitative estimate of drug-likeness (QED) is 0.298. The Morgan fingerprint density at radius 1 is 1.09 bits per heavy atom. The molecule has 240 valence electrons. The molecule has 2 aliphatic heterocycles. The Balaban J connectivity index is 1.59. The number of fused-ring (bicyclic) bond motifs is 1. The van der Waals surface area contributed by atoms with Crippen LogP contribution >= 0.6 is 27.5 Å². The molecule has 2 heterocycles. The Morgan fingerprint density at radius 2 is 1.75 bits per heavy atom. The first-order valence-corrected chi connectivity index (χ1v) is 15.6. The second-order valence-corrected chi connectivity index (χ2v) is 13.1. The molecule has 2 aromatic carbocycles. The van der Waals surface area contributed by atoms with Gasteiger partial charge in [-0.15, -0.1) is 0 Å². The van der Waals surface area contributed by atoms with Crippen molar-refractivity contribution in [3.05, 3.63) is 63.6 Å². The molecular weight excluding hydrogens is 656 g/mol. The number of rotatable bonds is 12. The van der Waals surface area contributed by atoms with Gasteiger partial charge in [-0.3, -0.25) is 9.59 Å². The number of ether oxygens (including phenoxy) is 4. The minimum absolute atomic E-state index is 0.222. The number of nitrogens with zero attached hydrogens (tertiary/aromatic N) is 1. The number of amides is 4. The molecule has 11 nitrogen and oxygen atoms in total. The number of hydrogen-bond acceptors (Lipinski definition) is 7. The van der Waals surface area contributed by atoms with Gasteiger partial charge < -0.3 is 40.2 Å². The largest absolute Gasteiger partial charge is 0.376 e. The van der Waals surface area contributed by atoms with Crippen LogP contribution in [-0.2, 0) is 35.0 Å². The molecule has 0 aromatic heterocycles. The van der Waals surface area contributed by atoms with Crippen molar-refractivity contribution in [1.82, 2.24) is 10.2 Å². The minimum atomic E-state index is -0.915. The monoisotopic (exact) mass is 694 g/mol. The fourth-order valence-electron chi connectivity index (χ4n) is 5.63. The third-order valence-corrected chi connectivity index (χ3v) is 8.37. The van der Waals surface area contributed by atoms with Crippen molar-refractivity contribution in [2.45, 2.75) is 83.0 Å². The van der Waals surface area contributed by atoms with Gasteiger partial charge in [0.2, 0.25) is 11.8 Å². The summed E-state index contributed by atoms with van der Waals surface area (Å²) in [6.07, 6.45) is -2.49. The van der Waals surface area contributed by atoms with E-state index in [4.69, 9.17) is 36.3 Å². The summed E-state index contributed by atoms with van der Waals surface area (Å²) >= 11 is 9.48. The zero-order valence-electron chi connectivity index (χ0n) is 25.4. The summed E-state index contributed by atoms with van der Waals surface area (Å²) in [5.41, 5.74) is 7.13. The molecule has 2 aromatic rings. The standard InChI is InChI=1S/C31H40BrClN4O7/c1-17(2)24(28(39)36-22(16-23(34)38)25-26(41-5)27-29(42-25)44-31(3,4)43-27)37(15-14-18-6-8-19(32)9-7-18)30(40)35-21-12-10-20(33)11-13-21/h6-13,17,22,24-27,29H,14-16H2,1-5H3,(H2,34,38)(H,35,40)(H,36,39)/t22-,24-,25-,26+,27-,29-/m0/s1. The summed E-state index contributed by atoms with van der Waals surface area (Å²) < 4.78 is 24.7. The Kier molecular flexibility index (Phi) is 11.3. The summed E-state index contributed by atoms with van der Waals surface area (Å²) in [6.45, 7) is 7.48. The molecule has 13 heteroatoms. The predicted molar refractivity (Wildman–Crippen MR) is 169 cm³/mol. The normalized spacial score (nSPS) is 23.5. The molecule has 0 unspecified atom stereocenters. The number of carbonyl (C=O) groups is 3. The lowest BCUT2D eigenvalue weighted by Crippen LogP contribution is -2.59. The summed E-state index contributed by atoms with van der Waals surface area (Å²) in [4.78, 5) is 41.6. The van der Waals surface area contributed by atoms with Gasteiger partial charge in [0.15, 0.2) is 12.1 Å². The number of anilines is 1. The highest BCUT2D eigenvalue weighted by atomic mass is 79.9. The van der Waals surface area contributed by atoms with E-state index in [-0.39, 0.29) is 18.9 Å². The van der Waals surface area contributed by atoms with Gasteiger partial charge >= 0.3 is 6.03 Å². The van der Waals surface area contributed by atoms with E-state index in [2.05, 4.69) is 26.6 Å². The van der Waals surface area contributed by atoms with E-state index in [0.29, 0.717) is 17.1 Å². The number of methoxy groups -OCH3 is 1. The highest BCUT2D eigenvalue weighted by Crippen LogP contribution is 2.40. The summed E-state index contributed by atoms with van der Waals surface area (Å²) in [7, 11) is 1.50. The summed E-state index contributed by atoms with van der Waals surface area (Å²) in [6, 6.07) is 12.2. The molecule has 6 atom stereocenters. The molecule has 4 amide bonds. The average molecular weight is 696 g/mol. The first kappa shape index (κ1) is 34.1. The molecular formula is C31H40BrClN4O7. The van der Waals surface area contributed by atoms with Crippen molar-refractivity contribution in [3.63, 3.8) is 0 Å². The zero-order chi connectivity index (χ0) is 32.2. The Bertz CT molecular complexity index is 1310. The molecule has 4 N–H and O–H groups in total. The number of urea groups is 1. The Morgan fingerprint density at radius 3 is 2.34 bits per heavy atom. The molecule has 4 rings (SSSR count). The van der Waals surface area contributed by atoms with Crippen molar-refractivity contribution >= 4 is 51.1 Å². The number of hydrogen-bond donors (Lipinski definition) is 3. The third kappa shape index (κ3) is 8.49. The van der Waals surface area contributed by atoms with Gasteiger partial charge in [-0.2, -0.15) is 0 Å². The van der Waals surface area contributed by atoms with Crippen molar-refractivity contribution in [2.75, 3.05) is 19.0 Å². The Labute approximate surface area is 271 Å². The van der Waals surface area contributed by atoms with E-state index >= 15 is 0 Å². The predicted octanol–water partition coefficient (Wildman–Crippen LogP) is 4.46. The van der Waals surface area contributed by atoms with E-state index < -0.39 is 60.3 Å². The van der Waals surface area contributed by atoms with Crippen LogP contribution in [0.4, 0.5) is 10.5 Å². The SMILES string of the molecule is CO[C@H]1[C@@H]2OC(C)(C)O[C@@H]2O[C@H]1[C@H](CC(N)=O)NC(=O)[C@H](C(C)C)N(CCc1ccc(Br)cc1)C(=O)Nc1ccc(Cl)cc1. The van der Waals surface area contributed by atoms with Gasteiger partial charge in [0.05, 0.1) is 6.04 Å². The van der Waals surface area contributed by atoms with Crippen LogP contribution < -0.4 is 16.4 Å². The molecule has 2 aliphatic rings. The van der Waals surface area contributed by atoms with Crippen LogP contribution in [0.3, 0.4) is 0 Å². The first-order valence-electron chi connectivity index (χ1n) is 14.5. The lowest BCUT2D eigenvalue weighted by Gasteiger charge is -2.36. The summed E-state index contributed by atoms with van der Waals surface area (Å²) in [5.74, 6) is -2.29. The van der Waals surface area contributed by atoms with E-state index in [0.717, 1.165) is 10.0 Å². The molecule has 2 fully saturated rings. The fraction of sp³-hybridized carbons (Fsp3) is 0.516. The van der Waals surface area contributed by atoms with Crippen molar-refractivity contribution < 1.29 is 33.3 Å². The van der Waals surface area contributed by atoms with Crippen LogP contribution in [0.25, 0.3) is 0 Å². The van der Waals surface area contributed by atoms with Gasteiger partial charge in [0.25, 0.3) is 0 Å². The molecule has 0 spiro atoms. The van der Waals surface area contributed by atoms with Crippen molar-refractivity contribution in [3.8, 4) is 0 Å². The van der Waals surface area contributed by atoms with E-state index in [1.807, 2.05) is 38.1 Å². The van der Waals surface area contributed by atoms with E-state index in [1.165, 1.54) is 12.0 Å². The lowest BCUT2D eigenvalue weighted by molar-refractivity contribution is -0.220. The molecule has 0 saturated carbocycles. The average Bonchev–Trinajstić information content (AvgIpc) is 3.43. The maximum absolute atomic E-state index is 14.1. The van der Waals surface area contributed by atoms with Crippen LogP contribution in [0.2, 0.25) is 5.02 Å². The van der Waals surface area contributed by atoms with E-state index in [9.17, 15) is 14.4 Å². The Hall–Kier alpha value is -2.74. The van der Waals surface area contributed by atoms with Crippen LogP contribution in [0.1, 0.15) is 39.7 Å². The zero-order valence-corrected chi connectivity index (χ0v) is 27.8. The maximum atomic E-state index is 14.1. The molecule has 0 aliphatic carbocycles. The fourth-order valence-corrected chi connectivity index (χ4v) is 6.02. The number of carbonyl (C=O) groups excluding carboxylic acids is 3. The van der Waals surface area contributed by atoms with Gasteiger partial charge in [0.1, 0.15) is 24.4 Å². The number of primary amides is 1. The lowest BCUT2D eigenvalue weighted by atomic mass is 9.97. The first-order chi connectivity index (χ1) is 20.8. The number of halogens is 2. The number of nitrogens with one attached hydrogen (secondary N) is 2. The topological polar surface area (TPSA) is 141 Å². The van der Waals surface area contributed by atoms with Crippen LogP contribution in [-0.4, -0.2) is 78.9 Å². The van der Waals surface area contributed by atoms with E-state index in [1.54, 1.807) is 38.1 Å². The second kappa shape index (κ2) is 14.6. The van der Waals surface area contributed by atoms with Gasteiger partial charge in [-0.25, -0.2) is 4.79 Å². The summed E-state index contributed by atoms with van der Waals surface area (Å²) in [5, 5.41) is 6.37. The maximum Gasteiger partial charge on any atom is 0.322 e. The second-order valence-electron chi connectivity index (χ2n) is 11.8. The van der Waals surface area contributed by atoms with Crippen LogP contribution in [0.15, 0.2) is 53.0 Å². The highest BCUT2D eigenvalue weighted by Gasteiger charge is 2.57. The van der Waals surface area contributed by atoms with Gasteiger partial charge in [0, 0.05) is 35.3 Å². The molecule has 0 radical (unpaired) electrons. The van der Waals surface area contributed by atoms with Crippen molar-refractivity contribution in [2.24, 2.45) is 11.7 Å². The van der Waals surface area contributed by atoms with Crippen molar-refractivity contribution in [1.29, 1.82) is 0 Å². The van der Waals surface area contributed by atoms with Crippen LogP contribution in [0, 0.1) is 5.92 Å². The molecule has 0 bridgehead atoms. The van der Waals surface area contributed by atoms with Crippen LogP contribution in [0.5, 0.6) is 0 Å². The van der Waals surface area contributed by atoms with Gasteiger partial charge in [-0.1, -0.05) is 53.5 Å². The van der Waals surface area contributed by atoms with Gasteiger partial charge in [-0.05, 0) is 68.1 Å². The molecule has 44 heavy (non-hydrogen) atoms. The highest BCUT2D eigenvalue weighted by molar-refractivity contribution is 9.10. The third-order valence-electron chi connectivity index (χ3n) is 7.59. The number of nitrogens with two attached hydrogens (primary N) is 1.